The van der Waals surface area contributed by atoms with Crippen LogP contribution in [0.15, 0.2) is 29.2 Å². The summed E-state index contributed by atoms with van der Waals surface area (Å²) in [5.74, 6) is -0.449. The normalized spacial score (nSPS) is 13.5. The third-order valence-corrected chi connectivity index (χ3v) is 8.50. The van der Waals surface area contributed by atoms with E-state index in [4.69, 9.17) is 0 Å². The van der Waals surface area contributed by atoms with Crippen LogP contribution in [0.1, 0.15) is 53.1 Å². The fraction of sp³-hybridized carbons (Fsp3) is 0.409. The number of benzene rings is 1. The van der Waals surface area contributed by atoms with E-state index in [1.807, 2.05) is 6.92 Å². The Morgan fingerprint density at radius 3 is 2.56 bits per heavy atom. The van der Waals surface area contributed by atoms with E-state index in [0.717, 1.165) is 23.3 Å². The van der Waals surface area contributed by atoms with Gasteiger partial charge in [0.1, 0.15) is 11.1 Å². The van der Waals surface area contributed by atoms with Crippen molar-refractivity contribution >= 4 is 38.2 Å². The molecule has 0 saturated heterocycles. The summed E-state index contributed by atoms with van der Waals surface area (Å²) in [7, 11) is -2.07. The van der Waals surface area contributed by atoms with E-state index < -0.39 is 15.9 Å². The molecule has 2 amide bonds. The minimum absolute atomic E-state index is 0.0245. The number of nitrogens with one attached hydrogen (secondary N) is 1. The number of hydrogen-bond acceptors (Lipinski definition) is 6. The predicted octanol–water partition coefficient (Wildman–Crippen LogP) is 3.20. The summed E-state index contributed by atoms with van der Waals surface area (Å²) in [5, 5.41) is 12.8. The van der Waals surface area contributed by atoms with Gasteiger partial charge in [0.2, 0.25) is 15.9 Å². The van der Waals surface area contributed by atoms with Gasteiger partial charge in [-0.3, -0.25) is 9.59 Å². The first-order valence-corrected chi connectivity index (χ1v) is 12.6. The van der Waals surface area contributed by atoms with Gasteiger partial charge in [-0.1, -0.05) is 13.3 Å². The number of anilines is 1. The lowest BCUT2D eigenvalue weighted by molar-refractivity contribution is -0.129. The zero-order valence-electron chi connectivity index (χ0n) is 18.3. The number of unbranched alkanes of at least 4 members (excludes halogenated alkanes) is 1. The second-order valence-electron chi connectivity index (χ2n) is 7.67. The Bertz CT molecular complexity index is 1160. The van der Waals surface area contributed by atoms with Crippen LogP contribution in [0.4, 0.5) is 5.00 Å². The van der Waals surface area contributed by atoms with Crippen molar-refractivity contribution in [3.05, 3.63) is 45.8 Å². The number of fused-ring (bicyclic) bond motifs is 1. The van der Waals surface area contributed by atoms with Crippen molar-refractivity contribution in [2.45, 2.75) is 44.6 Å². The zero-order chi connectivity index (χ0) is 23.5. The third kappa shape index (κ3) is 4.85. The number of hydrogen-bond donors (Lipinski definition) is 1. The topological polar surface area (TPSA) is 111 Å². The molecule has 1 aliphatic rings. The molecule has 1 aromatic carbocycles. The predicted molar refractivity (Wildman–Crippen MR) is 123 cm³/mol. The quantitative estimate of drug-likeness (QED) is 0.663. The molecular formula is C22H26N4O4S2. The smallest absolute Gasteiger partial charge is 0.256 e. The van der Waals surface area contributed by atoms with Crippen molar-refractivity contribution in [2.75, 3.05) is 25.5 Å². The number of sulfonamides is 1. The van der Waals surface area contributed by atoms with E-state index in [0.29, 0.717) is 42.2 Å². The van der Waals surface area contributed by atoms with E-state index in [9.17, 15) is 23.3 Å². The first kappa shape index (κ1) is 23.9. The number of nitrogens with zero attached hydrogens (tertiary/aromatic N) is 3. The molecule has 0 unspecified atom stereocenters. The molecule has 0 fully saturated rings. The molecule has 1 aliphatic heterocycles. The van der Waals surface area contributed by atoms with E-state index in [2.05, 4.69) is 11.4 Å². The minimum Gasteiger partial charge on any atom is -0.337 e. The summed E-state index contributed by atoms with van der Waals surface area (Å²) in [6, 6.07) is 7.94. The van der Waals surface area contributed by atoms with Crippen LogP contribution in [0.3, 0.4) is 0 Å². The van der Waals surface area contributed by atoms with Crippen LogP contribution in [0.5, 0.6) is 0 Å². The molecule has 0 aliphatic carbocycles. The average molecular weight is 475 g/mol. The monoisotopic (exact) mass is 474 g/mol. The number of carbonyl (C=O) groups is 2. The van der Waals surface area contributed by atoms with Gasteiger partial charge in [0, 0.05) is 37.5 Å². The van der Waals surface area contributed by atoms with Gasteiger partial charge in [-0.05, 0) is 42.7 Å². The van der Waals surface area contributed by atoms with Crippen molar-refractivity contribution in [2.24, 2.45) is 0 Å². The third-order valence-electron chi connectivity index (χ3n) is 5.49. The number of amides is 2. The Balaban J connectivity index is 1.77. The van der Waals surface area contributed by atoms with E-state index >= 15 is 0 Å². The van der Waals surface area contributed by atoms with Gasteiger partial charge in [-0.2, -0.15) is 5.26 Å². The highest BCUT2D eigenvalue weighted by Crippen LogP contribution is 2.37. The van der Waals surface area contributed by atoms with Crippen molar-refractivity contribution in [3.63, 3.8) is 0 Å². The molecule has 2 aromatic rings. The molecule has 0 saturated carbocycles. The van der Waals surface area contributed by atoms with Crippen LogP contribution in [0.2, 0.25) is 0 Å². The Hall–Kier alpha value is -2.74. The van der Waals surface area contributed by atoms with Gasteiger partial charge in [0.05, 0.1) is 17.0 Å². The average Bonchev–Trinajstić information content (AvgIpc) is 3.13. The lowest BCUT2D eigenvalue weighted by Gasteiger charge is -2.25. The molecule has 1 N–H and O–H groups in total. The van der Waals surface area contributed by atoms with Crippen LogP contribution < -0.4 is 5.32 Å². The molecule has 32 heavy (non-hydrogen) atoms. The first-order valence-electron chi connectivity index (χ1n) is 10.4. The first-order chi connectivity index (χ1) is 15.2. The number of thiophene rings is 1. The maximum Gasteiger partial charge on any atom is 0.256 e. The molecule has 3 rings (SSSR count). The Morgan fingerprint density at radius 2 is 1.97 bits per heavy atom. The summed E-state index contributed by atoms with van der Waals surface area (Å²) in [5.41, 5.74) is 1.60. The Morgan fingerprint density at radius 1 is 1.28 bits per heavy atom. The fourth-order valence-corrected chi connectivity index (χ4v) is 5.93. The SMILES string of the molecule is CCCCN(C)S(=O)(=O)c1ccc(C(=O)Nc2sc3c(c2C#N)CCN(C(C)=O)C3)cc1. The van der Waals surface area contributed by atoms with Crippen LogP contribution >= 0.6 is 11.3 Å². The van der Waals surface area contributed by atoms with Gasteiger partial charge in [-0.25, -0.2) is 12.7 Å². The van der Waals surface area contributed by atoms with Crippen molar-refractivity contribution in [3.8, 4) is 6.07 Å². The van der Waals surface area contributed by atoms with Crippen LogP contribution in [0.25, 0.3) is 0 Å². The summed E-state index contributed by atoms with van der Waals surface area (Å²) in [6.07, 6.45) is 2.23. The van der Waals surface area contributed by atoms with Gasteiger partial charge >= 0.3 is 0 Å². The van der Waals surface area contributed by atoms with Crippen molar-refractivity contribution < 1.29 is 18.0 Å². The van der Waals surface area contributed by atoms with Crippen LogP contribution in [-0.2, 0) is 27.8 Å². The number of nitriles is 1. The van der Waals surface area contributed by atoms with E-state index in [-0.39, 0.29) is 10.8 Å². The maximum atomic E-state index is 12.8. The lowest BCUT2D eigenvalue weighted by atomic mass is 10.0. The number of rotatable bonds is 7. The highest BCUT2D eigenvalue weighted by atomic mass is 32.2. The van der Waals surface area contributed by atoms with E-state index in [1.54, 1.807) is 11.9 Å². The number of carbonyl (C=O) groups excluding carboxylic acids is 2. The molecule has 8 nitrogen and oxygen atoms in total. The highest BCUT2D eigenvalue weighted by Gasteiger charge is 2.27. The fourth-order valence-electron chi connectivity index (χ4n) is 3.51. The summed E-state index contributed by atoms with van der Waals surface area (Å²) in [4.78, 5) is 27.2. The molecule has 0 atom stereocenters. The van der Waals surface area contributed by atoms with Crippen LogP contribution in [-0.4, -0.2) is 49.6 Å². The van der Waals surface area contributed by atoms with Gasteiger partial charge < -0.3 is 10.2 Å². The standard InChI is InChI=1S/C22H26N4O4S2/c1-4-5-11-25(3)32(29,30)17-8-6-16(7-9-17)21(28)24-22-19(13-23)18-10-12-26(15(2)27)14-20(18)31-22/h6-9H,4-5,10-12,14H2,1-3H3,(H,24,28). The zero-order valence-corrected chi connectivity index (χ0v) is 20.0. The summed E-state index contributed by atoms with van der Waals surface area (Å²) in [6.45, 7) is 4.91. The highest BCUT2D eigenvalue weighted by molar-refractivity contribution is 7.89. The summed E-state index contributed by atoms with van der Waals surface area (Å²) < 4.78 is 26.6. The molecule has 0 spiro atoms. The molecule has 2 heterocycles. The lowest BCUT2D eigenvalue weighted by Crippen LogP contribution is -2.33. The van der Waals surface area contributed by atoms with Crippen molar-refractivity contribution in [1.82, 2.24) is 9.21 Å². The molecule has 1 aromatic heterocycles. The van der Waals surface area contributed by atoms with Gasteiger partial charge in [0.25, 0.3) is 5.91 Å². The second kappa shape index (κ2) is 9.81. The van der Waals surface area contributed by atoms with Gasteiger partial charge in [-0.15, -0.1) is 11.3 Å². The maximum absolute atomic E-state index is 12.8. The molecule has 0 bridgehead atoms. The Kier molecular flexibility index (Phi) is 7.33. The largest absolute Gasteiger partial charge is 0.337 e. The summed E-state index contributed by atoms with van der Waals surface area (Å²) >= 11 is 1.30. The van der Waals surface area contributed by atoms with Crippen LogP contribution in [0, 0.1) is 11.3 Å². The van der Waals surface area contributed by atoms with Crippen molar-refractivity contribution in [1.29, 1.82) is 5.26 Å². The molecular weight excluding hydrogens is 448 g/mol. The molecule has 10 heteroatoms. The molecule has 0 radical (unpaired) electrons. The van der Waals surface area contributed by atoms with Gasteiger partial charge in [0.15, 0.2) is 0 Å². The second-order valence-corrected chi connectivity index (χ2v) is 10.8. The minimum atomic E-state index is -3.61. The Labute approximate surface area is 192 Å². The molecule has 170 valence electrons. The van der Waals surface area contributed by atoms with E-state index in [1.165, 1.54) is 46.8 Å².